The van der Waals surface area contributed by atoms with Crippen LogP contribution in [0, 0.1) is 0 Å². The molecule has 0 heteroatoms. The van der Waals surface area contributed by atoms with E-state index in [1.807, 2.05) is 6.92 Å². The zero-order valence-corrected chi connectivity index (χ0v) is 6.93. The Balaban J connectivity index is 3.26. The first-order chi connectivity index (χ1) is 4.91. The van der Waals surface area contributed by atoms with Crippen molar-refractivity contribution < 1.29 is 0 Å². The Labute approximate surface area is 64.0 Å². The Bertz CT molecular complexity index is 134. The molecule has 0 N–H and O–H groups in total. The lowest BCUT2D eigenvalue weighted by Crippen LogP contribution is -1.60. The molecule has 0 saturated carbocycles. The van der Waals surface area contributed by atoms with E-state index in [1.54, 1.807) is 0 Å². The van der Waals surface area contributed by atoms with Gasteiger partial charge in [0.05, 0.1) is 0 Å². The van der Waals surface area contributed by atoms with Crippen molar-refractivity contribution in [3.8, 4) is 0 Å². The first-order valence-electron chi connectivity index (χ1n) is 3.92. The van der Waals surface area contributed by atoms with Crippen LogP contribution < -0.4 is 0 Å². The highest BCUT2D eigenvalue weighted by Gasteiger charge is 1.71. The van der Waals surface area contributed by atoms with Crippen LogP contribution in [0.5, 0.6) is 0 Å². The van der Waals surface area contributed by atoms with Crippen molar-refractivity contribution in [2.24, 2.45) is 0 Å². The van der Waals surface area contributed by atoms with Crippen LogP contribution in [0.25, 0.3) is 0 Å². The average molecular weight is 136 g/mol. The predicted octanol–water partition coefficient (Wildman–Crippen LogP) is 3.46. The maximum Gasteiger partial charge on any atom is -0.0240 e. The van der Waals surface area contributed by atoms with Gasteiger partial charge in [-0.15, -0.1) is 5.73 Å². The summed E-state index contributed by atoms with van der Waals surface area (Å²) in [4.78, 5) is 0. The van der Waals surface area contributed by atoms with Crippen molar-refractivity contribution >= 4 is 0 Å². The minimum absolute atomic E-state index is 1.08. The molecule has 0 aliphatic carbocycles. The second kappa shape index (κ2) is 8.26. The van der Waals surface area contributed by atoms with E-state index < -0.39 is 0 Å². The van der Waals surface area contributed by atoms with Crippen molar-refractivity contribution in [3.63, 3.8) is 0 Å². The van der Waals surface area contributed by atoms with Crippen LogP contribution in [-0.4, -0.2) is 0 Å². The molecule has 0 rings (SSSR count). The molecule has 0 nitrogen and oxygen atoms in total. The van der Waals surface area contributed by atoms with Crippen LogP contribution in [0.15, 0.2) is 30.0 Å². The first kappa shape index (κ1) is 9.26. The summed E-state index contributed by atoms with van der Waals surface area (Å²) in [5.74, 6) is 0. The molecule has 0 unspecified atom stereocenters. The van der Waals surface area contributed by atoms with Crippen molar-refractivity contribution in [3.05, 3.63) is 30.0 Å². The second-order valence-corrected chi connectivity index (χ2v) is 2.13. The molecule has 0 spiro atoms. The zero-order valence-electron chi connectivity index (χ0n) is 6.93. The summed E-state index contributed by atoms with van der Waals surface area (Å²) >= 11 is 0. The molecule has 0 saturated heterocycles. The Morgan fingerprint density at radius 2 is 2.00 bits per heavy atom. The maximum atomic E-state index is 3.11. The molecule has 0 aliphatic heterocycles. The van der Waals surface area contributed by atoms with Crippen LogP contribution in [0.2, 0.25) is 0 Å². The van der Waals surface area contributed by atoms with Gasteiger partial charge < -0.3 is 0 Å². The van der Waals surface area contributed by atoms with Crippen LogP contribution in [0.1, 0.15) is 33.1 Å². The van der Waals surface area contributed by atoms with E-state index in [0.29, 0.717) is 0 Å². The highest BCUT2D eigenvalue weighted by molar-refractivity contribution is 4.87. The molecular weight excluding hydrogens is 120 g/mol. The summed E-state index contributed by atoms with van der Waals surface area (Å²) in [6, 6.07) is 0. The Morgan fingerprint density at radius 3 is 2.60 bits per heavy atom. The van der Waals surface area contributed by atoms with E-state index in [0.717, 1.165) is 19.3 Å². The molecule has 0 bridgehead atoms. The highest BCUT2D eigenvalue weighted by Crippen LogP contribution is 1.91. The minimum atomic E-state index is 1.08. The van der Waals surface area contributed by atoms with Gasteiger partial charge in [0.15, 0.2) is 0 Å². The van der Waals surface area contributed by atoms with Crippen molar-refractivity contribution in [2.45, 2.75) is 33.1 Å². The molecule has 0 amide bonds. The average Bonchev–Trinajstić information content (AvgIpc) is 1.97. The Morgan fingerprint density at radius 1 is 1.20 bits per heavy atom. The normalized spacial score (nSPS) is 9.40. The van der Waals surface area contributed by atoms with Gasteiger partial charge in [0.25, 0.3) is 0 Å². The number of hydrogen-bond acceptors (Lipinski definition) is 0. The van der Waals surface area contributed by atoms with E-state index in [2.05, 4.69) is 37.0 Å². The number of allylic oxidation sites excluding steroid dienone is 3. The lowest BCUT2D eigenvalue weighted by atomic mass is 10.3. The van der Waals surface area contributed by atoms with E-state index in [1.165, 1.54) is 0 Å². The van der Waals surface area contributed by atoms with Gasteiger partial charge in [-0.05, 0) is 38.3 Å². The van der Waals surface area contributed by atoms with Crippen LogP contribution in [0.3, 0.4) is 0 Å². The largest absolute Gasteiger partial charge is 0.130 e. The van der Waals surface area contributed by atoms with E-state index in [9.17, 15) is 0 Å². The highest BCUT2D eigenvalue weighted by atomic mass is 13.8. The van der Waals surface area contributed by atoms with Gasteiger partial charge in [-0.3, -0.25) is 0 Å². The van der Waals surface area contributed by atoms with Crippen LogP contribution in [-0.2, 0) is 0 Å². The molecule has 10 heavy (non-hydrogen) atoms. The Kier molecular flexibility index (Phi) is 7.65. The maximum absolute atomic E-state index is 3.11. The lowest BCUT2D eigenvalue weighted by molar-refractivity contribution is 1.05. The smallest absolute Gasteiger partial charge is 0.0240 e. The fraction of sp³-hybridized carbons (Fsp3) is 0.500. The molecular formula is C10H16. The molecule has 0 aliphatic rings. The number of rotatable bonds is 4. The number of unbranched alkanes of at least 4 members (excludes halogenated alkanes) is 1. The summed E-state index contributed by atoms with van der Waals surface area (Å²) in [6.07, 6.45) is 11.7. The SMILES string of the molecule is CC=CCCC=C=CCC. The van der Waals surface area contributed by atoms with E-state index >= 15 is 0 Å². The molecule has 0 atom stereocenters. The van der Waals surface area contributed by atoms with Crippen LogP contribution >= 0.6 is 0 Å². The van der Waals surface area contributed by atoms with E-state index in [-0.39, 0.29) is 0 Å². The van der Waals surface area contributed by atoms with E-state index in [4.69, 9.17) is 0 Å². The van der Waals surface area contributed by atoms with Crippen molar-refractivity contribution in [2.75, 3.05) is 0 Å². The van der Waals surface area contributed by atoms with Gasteiger partial charge in [0.1, 0.15) is 0 Å². The second-order valence-electron chi connectivity index (χ2n) is 2.13. The summed E-state index contributed by atoms with van der Waals surface area (Å²) in [5.41, 5.74) is 3.11. The van der Waals surface area contributed by atoms with Crippen LogP contribution in [0.4, 0.5) is 0 Å². The molecule has 0 aromatic carbocycles. The third-order valence-electron chi connectivity index (χ3n) is 1.15. The van der Waals surface area contributed by atoms with Gasteiger partial charge in [0.2, 0.25) is 0 Å². The van der Waals surface area contributed by atoms with Crippen molar-refractivity contribution in [1.82, 2.24) is 0 Å². The molecule has 56 valence electrons. The fourth-order valence-electron chi connectivity index (χ4n) is 0.631. The lowest BCUT2D eigenvalue weighted by Gasteiger charge is -1.80. The molecule has 0 radical (unpaired) electrons. The third-order valence-corrected chi connectivity index (χ3v) is 1.15. The monoisotopic (exact) mass is 136 g/mol. The minimum Gasteiger partial charge on any atom is -0.130 e. The predicted molar refractivity (Wildman–Crippen MR) is 47.0 cm³/mol. The van der Waals surface area contributed by atoms with Gasteiger partial charge in [-0.25, -0.2) is 0 Å². The van der Waals surface area contributed by atoms with Gasteiger partial charge >= 0.3 is 0 Å². The van der Waals surface area contributed by atoms with Gasteiger partial charge in [0, 0.05) is 0 Å². The quantitative estimate of drug-likeness (QED) is 0.315. The number of hydrogen-bond donors (Lipinski definition) is 0. The summed E-state index contributed by atoms with van der Waals surface area (Å²) < 4.78 is 0. The standard InChI is InChI=1S/C10H16/c1-3-5-7-9-10-8-6-4-2/h3,5-6,10H,4,7,9H2,1-2H3. The van der Waals surface area contributed by atoms with Gasteiger partial charge in [-0.1, -0.05) is 19.1 Å². The first-order valence-corrected chi connectivity index (χ1v) is 3.92. The summed E-state index contributed by atoms with van der Waals surface area (Å²) in [5, 5.41) is 0. The fourth-order valence-corrected chi connectivity index (χ4v) is 0.631. The third kappa shape index (κ3) is 7.26. The molecule has 0 aromatic rings. The topological polar surface area (TPSA) is 0 Å². The molecule has 0 fully saturated rings. The Hall–Kier alpha value is -0.740. The summed E-state index contributed by atoms with van der Waals surface area (Å²) in [6.45, 7) is 4.17. The van der Waals surface area contributed by atoms with Crippen molar-refractivity contribution in [1.29, 1.82) is 0 Å². The molecule has 0 aromatic heterocycles. The molecule has 0 heterocycles. The zero-order chi connectivity index (χ0) is 7.66. The summed E-state index contributed by atoms with van der Waals surface area (Å²) in [7, 11) is 0. The van der Waals surface area contributed by atoms with Gasteiger partial charge in [-0.2, -0.15) is 0 Å².